The van der Waals surface area contributed by atoms with E-state index in [2.05, 4.69) is 0 Å². The molecule has 0 bridgehead atoms. The second-order valence-electron chi connectivity index (χ2n) is 5.46. The molecule has 0 aromatic heterocycles. The van der Waals surface area contributed by atoms with E-state index in [1.54, 1.807) is 19.1 Å². The van der Waals surface area contributed by atoms with Gasteiger partial charge in [-0.05, 0) is 23.3 Å². The third-order valence-corrected chi connectivity index (χ3v) is 3.77. The molecule has 5 heteroatoms. The number of amides is 1. The molecule has 1 amide bonds. The number of benzene rings is 2. The van der Waals surface area contributed by atoms with Crippen LogP contribution in [0.25, 0.3) is 0 Å². The number of carbonyl (C=O) groups is 1. The third kappa shape index (κ3) is 4.73. The van der Waals surface area contributed by atoms with Gasteiger partial charge in [0, 0.05) is 19.6 Å². The molecule has 0 fully saturated rings. The van der Waals surface area contributed by atoms with Crippen LogP contribution in [-0.4, -0.2) is 38.1 Å². The van der Waals surface area contributed by atoms with E-state index in [0.29, 0.717) is 37.6 Å². The van der Waals surface area contributed by atoms with Crippen molar-refractivity contribution < 1.29 is 14.3 Å². The van der Waals surface area contributed by atoms with Gasteiger partial charge in [0.2, 0.25) is 5.91 Å². The minimum Gasteiger partial charge on any atom is -0.493 e. The Morgan fingerprint density at radius 2 is 1.71 bits per heavy atom. The van der Waals surface area contributed by atoms with Crippen LogP contribution in [0.3, 0.4) is 0 Å². The Morgan fingerprint density at radius 1 is 1.00 bits per heavy atom. The van der Waals surface area contributed by atoms with Gasteiger partial charge in [0.1, 0.15) is 0 Å². The molecule has 0 radical (unpaired) electrons. The molecular weight excluding hydrogens is 304 g/mol. The Balaban J connectivity index is 2.10. The van der Waals surface area contributed by atoms with Gasteiger partial charge in [-0.15, -0.1) is 0 Å². The maximum atomic E-state index is 12.7. The van der Waals surface area contributed by atoms with Crippen LogP contribution in [0.2, 0.25) is 0 Å². The molecule has 0 aliphatic carbocycles. The SMILES string of the molecule is COc1ccc(CC(=O)N(CCN)Cc2ccccc2)cc1OC. The number of hydrogen-bond donors (Lipinski definition) is 1. The van der Waals surface area contributed by atoms with Gasteiger partial charge >= 0.3 is 0 Å². The van der Waals surface area contributed by atoms with Crippen molar-refractivity contribution in [3.05, 3.63) is 59.7 Å². The Labute approximate surface area is 143 Å². The van der Waals surface area contributed by atoms with Crippen molar-refractivity contribution in [1.29, 1.82) is 0 Å². The van der Waals surface area contributed by atoms with E-state index in [0.717, 1.165) is 11.1 Å². The van der Waals surface area contributed by atoms with Gasteiger partial charge in [0.25, 0.3) is 0 Å². The highest BCUT2D eigenvalue weighted by atomic mass is 16.5. The van der Waals surface area contributed by atoms with Crippen molar-refractivity contribution in [3.63, 3.8) is 0 Å². The lowest BCUT2D eigenvalue weighted by Crippen LogP contribution is -2.35. The Kier molecular flexibility index (Phi) is 6.63. The molecule has 0 spiro atoms. The van der Waals surface area contributed by atoms with E-state index in [4.69, 9.17) is 15.2 Å². The highest BCUT2D eigenvalue weighted by Crippen LogP contribution is 2.27. The predicted molar refractivity (Wildman–Crippen MR) is 94.2 cm³/mol. The number of nitrogens with zero attached hydrogens (tertiary/aromatic N) is 1. The third-order valence-electron chi connectivity index (χ3n) is 3.77. The molecular formula is C19H24N2O3. The number of carbonyl (C=O) groups excluding carboxylic acids is 1. The first kappa shape index (κ1) is 17.8. The van der Waals surface area contributed by atoms with E-state index < -0.39 is 0 Å². The number of methoxy groups -OCH3 is 2. The Hall–Kier alpha value is -2.53. The molecule has 0 unspecified atom stereocenters. The molecule has 128 valence electrons. The summed E-state index contributed by atoms with van der Waals surface area (Å²) < 4.78 is 10.5. The molecule has 2 rings (SSSR count). The minimum absolute atomic E-state index is 0.0384. The summed E-state index contributed by atoms with van der Waals surface area (Å²) in [7, 11) is 3.17. The summed E-state index contributed by atoms with van der Waals surface area (Å²) in [5, 5.41) is 0. The first-order valence-electron chi connectivity index (χ1n) is 7.90. The Bertz CT molecular complexity index is 659. The minimum atomic E-state index is 0.0384. The summed E-state index contributed by atoms with van der Waals surface area (Å²) in [6.07, 6.45) is 0.299. The van der Waals surface area contributed by atoms with E-state index in [1.807, 2.05) is 48.5 Å². The normalized spacial score (nSPS) is 10.3. The van der Waals surface area contributed by atoms with Crippen LogP contribution in [0.5, 0.6) is 11.5 Å². The smallest absolute Gasteiger partial charge is 0.227 e. The van der Waals surface area contributed by atoms with E-state index >= 15 is 0 Å². The fraction of sp³-hybridized carbons (Fsp3) is 0.316. The number of ether oxygens (including phenoxy) is 2. The molecule has 5 nitrogen and oxygen atoms in total. The van der Waals surface area contributed by atoms with Gasteiger partial charge < -0.3 is 20.1 Å². The largest absolute Gasteiger partial charge is 0.493 e. The molecule has 24 heavy (non-hydrogen) atoms. The van der Waals surface area contributed by atoms with E-state index in [9.17, 15) is 4.79 Å². The molecule has 2 N–H and O–H groups in total. The second kappa shape index (κ2) is 8.93. The van der Waals surface area contributed by atoms with Gasteiger partial charge in [-0.1, -0.05) is 36.4 Å². The van der Waals surface area contributed by atoms with Crippen molar-refractivity contribution >= 4 is 5.91 Å². The quantitative estimate of drug-likeness (QED) is 0.807. The maximum absolute atomic E-state index is 12.7. The van der Waals surface area contributed by atoms with Crippen LogP contribution in [0.1, 0.15) is 11.1 Å². The van der Waals surface area contributed by atoms with Crippen molar-refractivity contribution in [2.75, 3.05) is 27.3 Å². The highest BCUT2D eigenvalue weighted by molar-refractivity contribution is 5.79. The number of nitrogens with two attached hydrogens (primary N) is 1. The van der Waals surface area contributed by atoms with Gasteiger partial charge in [0.15, 0.2) is 11.5 Å². The molecule has 0 aliphatic rings. The first-order valence-corrected chi connectivity index (χ1v) is 7.90. The average molecular weight is 328 g/mol. The predicted octanol–water partition coefficient (Wildman–Crippen LogP) is 2.23. The van der Waals surface area contributed by atoms with Crippen LogP contribution >= 0.6 is 0 Å². The van der Waals surface area contributed by atoms with Crippen LogP contribution in [0.15, 0.2) is 48.5 Å². The lowest BCUT2D eigenvalue weighted by atomic mass is 10.1. The zero-order valence-electron chi connectivity index (χ0n) is 14.2. The monoisotopic (exact) mass is 328 g/mol. The fourth-order valence-electron chi connectivity index (χ4n) is 2.53. The van der Waals surface area contributed by atoms with Gasteiger partial charge in [-0.25, -0.2) is 0 Å². The first-order chi connectivity index (χ1) is 11.7. The fourth-order valence-corrected chi connectivity index (χ4v) is 2.53. The molecule has 2 aromatic carbocycles. The standard InChI is InChI=1S/C19H24N2O3/c1-23-17-9-8-16(12-18(17)24-2)13-19(22)21(11-10-20)14-15-6-4-3-5-7-15/h3-9,12H,10-11,13-14,20H2,1-2H3. The molecule has 0 heterocycles. The van der Waals surface area contributed by atoms with Crippen molar-refractivity contribution in [2.45, 2.75) is 13.0 Å². The summed E-state index contributed by atoms with van der Waals surface area (Å²) in [6.45, 7) is 1.52. The highest BCUT2D eigenvalue weighted by Gasteiger charge is 2.15. The zero-order chi connectivity index (χ0) is 17.4. The zero-order valence-corrected chi connectivity index (χ0v) is 14.2. The molecule has 0 aliphatic heterocycles. The summed E-state index contributed by atoms with van der Waals surface area (Å²) in [5.41, 5.74) is 7.64. The van der Waals surface area contributed by atoms with E-state index in [-0.39, 0.29) is 5.91 Å². The summed E-state index contributed by atoms with van der Waals surface area (Å²) in [5.74, 6) is 1.31. The molecule has 0 atom stereocenters. The summed E-state index contributed by atoms with van der Waals surface area (Å²) >= 11 is 0. The van der Waals surface area contributed by atoms with Crippen LogP contribution in [-0.2, 0) is 17.8 Å². The number of hydrogen-bond acceptors (Lipinski definition) is 4. The summed E-state index contributed by atoms with van der Waals surface area (Å²) in [6, 6.07) is 15.4. The van der Waals surface area contributed by atoms with Crippen LogP contribution < -0.4 is 15.2 Å². The lowest BCUT2D eigenvalue weighted by molar-refractivity contribution is -0.131. The molecule has 0 saturated heterocycles. The maximum Gasteiger partial charge on any atom is 0.227 e. The van der Waals surface area contributed by atoms with Gasteiger partial charge in [-0.2, -0.15) is 0 Å². The number of rotatable bonds is 8. The average Bonchev–Trinajstić information content (AvgIpc) is 2.62. The summed E-state index contributed by atoms with van der Waals surface area (Å²) in [4.78, 5) is 14.4. The van der Waals surface area contributed by atoms with Crippen LogP contribution in [0, 0.1) is 0 Å². The second-order valence-corrected chi connectivity index (χ2v) is 5.46. The van der Waals surface area contributed by atoms with Crippen molar-refractivity contribution in [2.24, 2.45) is 5.73 Å². The van der Waals surface area contributed by atoms with Crippen molar-refractivity contribution in [1.82, 2.24) is 4.90 Å². The van der Waals surface area contributed by atoms with E-state index in [1.165, 1.54) is 0 Å². The Morgan fingerprint density at radius 3 is 2.33 bits per heavy atom. The molecule has 0 saturated carbocycles. The van der Waals surface area contributed by atoms with Gasteiger partial charge in [-0.3, -0.25) is 4.79 Å². The van der Waals surface area contributed by atoms with Gasteiger partial charge in [0.05, 0.1) is 20.6 Å². The topological polar surface area (TPSA) is 64.8 Å². The molecule has 2 aromatic rings. The lowest BCUT2D eigenvalue weighted by Gasteiger charge is -2.22. The van der Waals surface area contributed by atoms with Crippen LogP contribution in [0.4, 0.5) is 0 Å². The van der Waals surface area contributed by atoms with Crippen molar-refractivity contribution in [3.8, 4) is 11.5 Å².